The Bertz CT molecular complexity index is 1380. The smallest absolute Gasteiger partial charge is 0.251 e. The van der Waals surface area contributed by atoms with Crippen LogP contribution in [0.2, 0.25) is 0 Å². The lowest BCUT2D eigenvalue weighted by Crippen LogP contribution is -2.49. The van der Waals surface area contributed by atoms with E-state index >= 15 is 0 Å². The summed E-state index contributed by atoms with van der Waals surface area (Å²) >= 11 is 0. The van der Waals surface area contributed by atoms with Crippen molar-refractivity contribution >= 4 is 23.4 Å². The first-order valence-electron chi connectivity index (χ1n) is 12.7. The van der Waals surface area contributed by atoms with Crippen LogP contribution in [0.3, 0.4) is 0 Å². The van der Waals surface area contributed by atoms with Crippen molar-refractivity contribution in [2.75, 3.05) is 18.4 Å². The molecular weight excluding hydrogens is 478 g/mol. The van der Waals surface area contributed by atoms with Gasteiger partial charge in [-0.2, -0.15) is 0 Å². The standard InChI is InChI=1S/C30H29N5O3/c36-28(32-25-13-15-26(16-14-25)35-19-17-31-21-35)20-34-18-5-4-8-27(30(34)38)33-29(37)24-11-9-23(10-12-24)22-6-2-1-3-7-22/h1-3,6-7,9-17,19,21,27H,4-5,8,18,20H2,(H,32,36)(H,33,37). The number of carbonyl (C=O) groups is 3. The molecule has 8 heteroatoms. The molecule has 1 aliphatic heterocycles. The number of imidazole rings is 1. The molecule has 1 unspecified atom stereocenters. The van der Waals surface area contributed by atoms with E-state index in [4.69, 9.17) is 0 Å². The van der Waals surface area contributed by atoms with Crippen LogP contribution in [-0.2, 0) is 9.59 Å². The average Bonchev–Trinajstić information content (AvgIpc) is 3.44. The third-order valence-corrected chi connectivity index (χ3v) is 6.63. The minimum atomic E-state index is -0.666. The Kier molecular flexibility index (Phi) is 7.59. The molecule has 192 valence electrons. The van der Waals surface area contributed by atoms with Gasteiger partial charge >= 0.3 is 0 Å². The van der Waals surface area contributed by atoms with Crippen molar-refractivity contribution in [3.05, 3.63) is 103 Å². The molecule has 1 atom stereocenters. The van der Waals surface area contributed by atoms with Crippen LogP contribution < -0.4 is 10.6 Å². The third kappa shape index (κ3) is 5.98. The second-order valence-electron chi connectivity index (χ2n) is 9.29. The van der Waals surface area contributed by atoms with Crippen LogP contribution >= 0.6 is 0 Å². The summed E-state index contributed by atoms with van der Waals surface area (Å²) in [6.07, 6.45) is 7.35. The van der Waals surface area contributed by atoms with Crippen LogP contribution in [-0.4, -0.2) is 51.3 Å². The minimum Gasteiger partial charge on any atom is -0.340 e. The number of amides is 3. The summed E-state index contributed by atoms with van der Waals surface area (Å²) in [6, 6.07) is 24.0. The van der Waals surface area contributed by atoms with E-state index in [1.165, 1.54) is 4.90 Å². The number of rotatable bonds is 7. The van der Waals surface area contributed by atoms with Gasteiger partial charge in [0.25, 0.3) is 5.91 Å². The topological polar surface area (TPSA) is 96.3 Å². The molecule has 5 rings (SSSR count). The van der Waals surface area contributed by atoms with Crippen LogP contribution in [0.15, 0.2) is 97.6 Å². The number of likely N-dealkylation sites (tertiary alicyclic amines) is 1. The van der Waals surface area contributed by atoms with Crippen molar-refractivity contribution < 1.29 is 14.4 Å². The monoisotopic (exact) mass is 507 g/mol. The predicted molar refractivity (Wildman–Crippen MR) is 146 cm³/mol. The lowest BCUT2D eigenvalue weighted by Gasteiger charge is -2.24. The number of carbonyl (C=O) groups excluding carboxylic acids is 3. The van der Waals surface area contributed by atoms with Crippen LogP contribution in [0.1, 0.15) is 29.6 Å². The fourth-order valence-electron chi connectivity index (χ4n) is 4.58. The third-order valence-electron chi connectivity index (χ3n) is 6.63. The summed E-state index contributed by atoms with van der Waals surface area (Å²) in [5.41, 5.74) is 4.15. The summed E-state index contributed by atoms with van der Waals surface area (Å²) < 4.78 is 1.87. The average molecular weight is 508 g/mol. The molecule has 38 heavy (non-hydrogen) atoms. The minimum absolute atomic E-state index is 0.0692. The Balaban J connectivity index is 1.18. The Morgan fingerprint density at radius 1 is 0.895 bits per heavy atom. The molecule has 0 radical (unpaired) electrons. The predicted octanol–water partition coefficient (Wildman–Crippen LogP) is 4.29. The number of anilines is 1. The quantitative estimate of drug-likeness (QED) is 0.390. The molecule has 1 aliphatic rings. The molecule has 1 fully saturated rings. The van der Waals surface area contributed by atoms with Gasteiger partial charge in [0.05, 0.1) is 12.9 Å². The SMILES string of the molecule is O=C(CN1CCCCC(NC(=O)c2ccc(-c3ccccc3)cc2)C1=O)Nc1ccc(-n2ccnc2)cc1. The number of hydrogen-bond donors (Lipinski definition) is 2. The molecule has 3 aromatic carbocycles. The maximum absolute atomic E-state index is 13.2. The highest BCUT2D eigenvalue weighted by molar-refractivity contribution is 5.99. The summed E-state index contributed by atoms with van der Waals surface area (Å²) in [6.45, 7) is 0.407. The van der Waals surface area contributed by atoms with Crippen molar-refractivity contribution in [1.29, 1.82) is 0 Å². The maximum atomic E-state index is 13.2. The van der Waals surface area contributed by atoms with Gasteiger partial charge < -0.3 is 20.1 Å². The van der Waals surface area contributed by atoms with E-state index in [1.54, 1.807) is 24.7 Å². The van der Waals surface area contributed by atoms with Gasteiger partial charge in [-0.1, -0.05) is 42.5 Å². The summed E-state index contributed by atoms with van der Waals surface area (Å²) in [7, 11) is 0. The Morgan fingerprint density at radius 2 is 1.63 bits per heavy atom. The molecule has 2 N–H and O–H groups in total. The first-order chi connectivity index (χ1) is 18.6. The molecule has 0 saturated carbocycles. The fourth-order valence-corrected chi connectivity index (χ4v) is 4.58. The van der Waals surface area contributed by atoms with E-state index < -0.39 is 6.04 Å². The summed E-state index contributed by atoms with van der Waals surface area (Å²) in [4.78, 5) is 44.5. The van der Waals surface area contributed by atoms with Gasteiger partial charge in [-0.3, -0.25) is 14.4 Å². The molecule has 1 aromatic heterocycles. The van der Waals surface area contributed by atoms with Crippen LogP contribution in [0, 0.1) is 0 Å². The van der Waals surface area contributed by atoms with Crippen LogP contribution in [0.4, 0.5) is 5.69 Å². The van der Waals surface area contributed by atoms with Crippen molar-refractivity contribution in [2.45, 2.75) is 25.3 Å². The Labute approximate surface area is 221 Å². The van der Waals surface area contributed by atoms with E-state index in [-0.39, 0.29) is 24.3 Å². The maximum Gasteiger partial charge on any atom is 0.251 e. The van der Waals surface area contributed by atoms with Gasteiger partial charge in [-0.05, 0) is 66.8 Å². The van der Waals surface area contributed by atoms with Crippen molar-refractivity contribution in [1.82, 2.24) is 19.8 Å². The zero-order chi connectivity index (χ0) is 26.3. The highest BCUT2D eigenvalue weighted by Gasteiger charge is 2.29. The highest BCUT2D eigenvalue weighted by atomic mass is 16.2. The van der Waals surface area contributed by atoms with E-state index in [0.717, 1.165) is 29.7 Å². The normalized spacial score (nSPS) is 15.5. The highest BCUT2D eigenvalue weighted by Crippen LogP contribution is 2.20. The van der Waals surface area contributed by atoms with Crippen molar-refractivity contribution in [2.24, 2.45) is 0 Å². The molecule has 0 aliphatic carbocycles. The lowest BCUT2D eigenvalue weighted by molar-refractivity contribution is -0.135. The summed E-state index contributed by atoms with van der Waals surface area (Å²) in [5, 5.41) is 5.75. The van der Waals surface area contributed by atoms with Gasteiger partial charge in [0.2, 0.25) is 11.8 Å². The second-order valence-corrected chi connectivity index (χ2v) is 9.29. The van der Waals surface area contributed by atoms with E-state index in [1.807, 2.05) is 77.5 Å². The molecule has 4 aromatic rings. The zero-order valence-electron chi connectivity index (χ0n) is 20.9. The molecule has 2 heterocycles. The van der Waals surface area contributed by atoms with E-state index in [9.17, 15) is 14.4 Å². The van der Waals surface area contributed by atoms with Crippen molar-refractivity contribution in [3.8, 4) is 16.8 Å². The van der Waals surface area contributed by atoms with Crippen LogP contribution in [0.25, 0.3) is 16.8 Å². The second kappa shape index (κ2) is 11.6. The number of benzene rings is 3. The van der Waals surface area contributed by atoms with E-state index in [0.29, 0.717) is 24.2 Å². The molecule has 3 amide bonds. The fraction of sp³-hybridized carbons (Fsp3) is 0.200. The molecule has 0 bridgehead atoms. The number of aromatic nitrogens is 2. The van der Waals surface area contributed by atoms with Gasteiger partial charge in [-0.25, -0.2) is 4.98 Å². The Morgan fingerprint density at radius 3 is 2.34 bits per heavy atom. The zero-order valence-corrected chi connectivity index (χ0v) is 20.9. The van der Waals surface area contributed by atoms with Crippen molar-refractivity contribution in [3.63, 3.8) is 0 Å². The van der Waals surface area contributed by atoms with Gasteiger partial charge in [0, 0.05) is 35.9 Å². The lowest BCUT2D eigenvalue weighted by atomic mass is 10.0. The molecular formula is C30H29N5O3. The van der Waals surface area contributed by atoms with Gasteiger partial charge in [-0.15, -0.1) is 0 Å². The molecule has 0 spiro atoms. The molecule has 8 nitrogen and oxygen atoms in total. The van der Waals surface area contributed by atoms with Crippen LogP contribution in [0.5, 0.6) is 0 Å². The summed E-state index contributed by atoms with van der Waals surface area (Å²) in [5.74, 6) is -0.813. The largest absolute Gasteiger partial charge is 0.340 e. The first kappa shape index (κ1) is 25.0. The Hall–Kier alpha value is -4.72. The molecule has 1 saturated heterocycles. The van der Waals surface area contributed by atoms with E-state index in [2.05, 4.69) is 15.6 Å². The van der Waals surface area contributed by atoms with Gasteiger partial charge in [0.1, 0.15) is 6.04 Å². The first-order valence-corrected chi connectivity index (χ1v) is 12.7. The number of hydrogen-bond acceptors (Lipinski definition) is 4. The number of nitrogens with one attached hydrogen (secondary N) is 2. The number of nitrogens with zero attached hydrogens (tertiary/aromatic N) is 3. The van der Waals surface area contributed by atoms with Gasteiger partial charge in [0.15, 0.2) is 0 Å².